The Hall–Kier alpha value is -1.75. The lowest BCUT2D eigenvalue weighted by atomic mass is 10.1. The molecular formula is C20H23Cl2NO3. The van der Waals surface area contributed by atoms with Gasteiger partial charge in [-0.25, -0.2) is 0 Å². The standard InChI is InChI=1S/C20H23Cl2NO3/c1-14(26-18-10-9-16(21)11-17(18)22)19(24)23-20(2,3)13-25-12-15-7-5-4-6-8-15/h4-11,14H,12-13H2,1-3H3,(H,23,24). The van der Waals surface area contributed by atoms with Crippen molar-refractivity contribution in [3.05, 3.63) is 64.1 Å². The summed E-state index contributed by atoms with van der Waals surface area (Å²) >= 11 is 11.9. The SMILES string of the molecule is CC(Oc1ccc(Cl)cc1Cl)C(=O)NC(C)(C)COCc1ccccc1. The van der Waals surface area contributed by atoms with Gasteiger partial charge in [0.05, 0.1) is 23.8 Å². The highest BCUT2D eigenvalue weighted by atomic mass is 35.5. The smallest absolute Gasteiger partial charge is 0.261 e. The maximum absolute atomic E-state index is 12.4. The van der Waals surface area contributed by atoms with E-state index in [9.17, 15) is 4.79 Å². The van der Waals surface area contributed by atoms with Crippen LogP contribution in [0.15, 0.2) is 48.5 Å². The zero-order valence-electron chi connectivity index (χ0n) is 15.1. The second-order valence-electron chi connectivity index (χ2n) is 6.69. The maximum Gasteiger partial charge on any atom is 0.261 e. The average molecular weight is 396 g/mol. The third-order valence-corrected chi connectivity index (χ3v) is 4.13. The molecule has 1 atom stereocenters. The van der Waals surface area contributed by atoms with Crippen molar-refractivity contribution in [1.29, 1.82) is 0 Å². The molecule has 140 valence electrons. The number of ether oxygens (including phenoxy) is 2. The van der Waals surface area contributed by atoms with Crippen molar-refractivity contribution >= 4 is 29.1 Å². The first-order chi connectivity index (χ1) is 12.3. The monoisotopic (exact) mass is 395 g/mol. The quantitative estimate of drug-likeness (QED) is 0.693. The Kier molecular flexibility index (Phi) is 7.33. The lowest BCUT2D eigenvalue weighted by molar-refractivity contribution is -0.129. The first-order valence-electron chi connectivity index (χ1n) is 8.32. The number of amides is 1. The van der Waals surface area contributed by atoms with Gasteiger partial charge >= 0.3 is 0 Å². The lowest BCUT2D eigenvalue weighted by Gasteiger charge is -2.28. The molecule has 0 saturated heterocycles. The van der Waals surface area contributed by atoms with Crippen LogP contribution in [-0.4, -0.2) is 24.2 Å². The van der Waals surface area contributed by atoms with Crippen LogP contribution in [0.1, 0.15) is 26.3 Å². The first-order valence-corrected chi connectivity index (χ1v) is 9.08. The summed E-state index contributed by atoms with van der Waals surface area (Å²) in [7, 11) is 0. The molecule has 0 aliphatic heterocycles. The lowest BCUT2D eigenvalue weighted by Crippen LogP contribution is -2.51. The van der Waals surface area contributed by atoms with Crippen LogP contribution in [0.25, 0.3) is 0 Å². The first kappa shape index (κ1) is 20.6. The Morgan fingerprint density at radius 1 is 1.15 bits per heavy atom. The molecule has 0 aromatic heterocycles. The number of hydrogen-bond acceptors (Lipinski definition) is 3. The molecule has 2 aromatic rings. The van der Waals surface area contributed by atoms with Crippen LogP contribution < -0.4 is 10.1 Å². The molecule has 2 rings (SSSR count). The highest BCUT2D eigenvalue weighted by Crippen LogP contribution is 2.28. The van der Waals surface area contributed by atoms with Gasteiger partial charge in [-0.15, -0.1) is 0 Å². The Morgan fingerprint density at radius 3 is 2.50 bits per heavy atom. The Morgan fingerprint density at radius 2 is 1.85 bits per heavy atom. The molecule has 2 aromatic carbocycles. The van der Waals surface area contributed by atoms with Gasteiger partial charge in [-0.1, -0.05) is 53.5 Å². The topological polar surface area (TPSA) is 47.6 Å². The van der Waals surface area contributed by atoms with Crippen molar-refractivity contribution in [2.45, 2.75) is 39.0 Å². The molecule has 0 saturated carbocycles. The van der Waals surface area contributed by atoms with E-state index in [1.165, 1.54) is 0 Å². The van der Waals surface area contributed by atoms with Crippen LogP contribution in [0, 0.1) is 0 Å². The van der Waals surface area contributed by atoms with Gasteiger partial charge in [0.2, 0.25) is 0 Å². The molecule has 1 amide bonds. The molecule has 0 radical (unpaired) electrons. The predicted octanol–water partition coefficient (Wildman–Crippen LogP) is 4.87. The number of nitrogens with one attached hydrogen (secondary N) is 1. The van der Waals surface area contributed by atoms with E-state index >= 15 is 0 Å². The van der Waals surface area contributed by atoms with Crippen LogP contribution in [0.2, 0.25) is 10.0 Å². The zero-order valence-corrected chi connectivity index (χ0v) is 16.6. The van der Waals surface area contributed by atoms with E-state index in [1.807, 2.05) is 44.2 Å². The zero-order chi connectivity index (χ0) is 19.2. The summed E-state index contributed by atoms with van der Waals surface area (Å²) in [5.74, 6) is 0.168. The summed E-state index contributed by atoms with van der Waals surface area (Å²) in [5.41, 5.74) is 0.552. The van der Waals surface area contributed by atoms with E-state index < -0.39 is 11.6 Å². The summed E-state index contributed by atoms with van der Waals surface area (Å²) < 4.78 is 11.4. The minimum absolute atomic E-state index is 0.246. The predicted molar refractivity (Wildman–Crippen MR) is 105 cm³/mol. The van der Waals surface area contributed by atoms with Gasteiger partial charge in [0.15, 0.2) is 6.10 Å². The van der Waals surface area contributed by atoms with E-state index in [0.717, 1.165) is 5.56 Å². The molecule has 6 heteroatoms. The van der Waals surface area contributed by atoms with Gasteiger partial charge in [0, 0.05) is 5.02 Å². The molecule has 1 N–H and O–H groups in total. The van der Waals surface area contributed by atoms with Gasteiger partial charge in [0.25, 0.3) is 5.91 Å². The number of carbonyl (C=O) groups excluding carboxylic acids is 1. The second kappa shape index (κ2) is 9.26. The minimum atomic E-state index is -0.706. The summed E-state index contributed by atoms with van der Waals surface area (Å²) in [5, 5.41) is 3.81. The fraction of sp³-hybridized carbons (Fsp3) is 0.350. The Balaban J connectivity index is 1.84. The van der Waals surface area contributed by atoms with Crippen molar-refractivity contribution < 1.29 is 14.3 Å². The van der Waals surface area contributed by atoms with Crippen molar-refractivity contribution in [2.24, 2.45) is 0 Å². The Bertz CT molecular complexity index is 735. The van der Waals surface area contributed by atoms with Gasteiger partial charge < -0.3 is 14.8 Å². The van der Waals surface area contributed by atoms with Gasteiger partial charge in [0.1, 0.15) is 5.75 Å². The second-order valence-corrected chi connectivity index (χ2v) is 7.53. The molecule has 0 aliphatic rings. The number of rotatable bonds is 8. The van der Waals surface area contributed by atoms with Crippen molar-refractivity contribution in [2.75, 3.05) is 6.61 Å². The normalized spacial score (nSPS) is 12.5. The fourth-order valence-corrected chi connectivity index (χ4v) is 2.74. The fourth-order valence-electron chi connectivity index (χ4n) is 2.28. The average Bonchev–Trinajstić information content (AvgIpc) is 2.57. The summed E-state index contributed by atoms with van der Waals surface area (Å²) in [6, 6.07) is 14.8. The van der Waals surface area contributed by atoms with Gasteiger partial charge in [-0.3, -0.25) is 4.79 Å². The van der Waals surface area contributed by atoms with Crippen LogP contribution >= 0.6 is 23.2 Å². The minimum Gasteiger partial charge on any atom is -0.479 e. The number of carbonyl (C=O) groups is 1. The van der Waals surface area contributed by atoms with E-state index in [0.29, 0.717) is 29.0 Å². The largest absolute Gasteiger partial charge is 0.479 e. The number of benzene rings is 2. The maximum atomic E-state index is 12.4. The molecule has 4 nitrogen and oxygen atoms in total. The van der Waals surface area contributed by atoms with Crippen molar-refractivity contribution in [1.82, 2.24) is 5.32 Å². The molecule has 0 bridgehead atoms. The van der Waals surface area contributed by atoms with E-state index in [4.69, 9.17) is 32.7 Å². The molecule has 0 spiro atoms. The van der Waals surface area contributed by atoms with E-state index in [2.05, 4.69) is 5.32 Å². The molecule has 0 heterocycles. The third-order valence-electron chi connectivity index (χ3n) is 3.60. The number of halogens is 2. The van der Waals surface area contributed by atoms with Crippen molar-refractivity contribution in [3.8, 4) is 5.75 Å². The Labute approximate surface area is 164 Å². The molecular weight excluding hydrogens is 373 g/mol. The van der Waals surface area contributed by atoms with Crippen LogP contribution in [0.4, 0.5) is 0 Å². The van der Waals surface area contributed by atoms with Crippen LogP contribution in [0.3, 0.4) is 0 Å². The molecule has 0 fully saturated rings. The highest BCUT2D eigenvalue weighted by molar-refractivity contribution is 6.35. The summed E-state index contributed by atoms with van der Waals surface area (Å²) in [6.07, 6.45) is -0.706. The van der Waals surface area contributed by atoms with Crippen LogP contribution in [0.5, 0.6) is 5.75 Å². The van der Waals surface area contributed by atoms with Gasteiger partial charge in [-0.2, -0.15) is 0 Å². The molecule has 0 aliphatic carbocycles. The van der Waals surface area contributed by atoms with E-state index in [-0.39, 0.29) is 5.91 Å². The van der Waals surface area contributed by atoms with Gasteiger partial charge in [-0.05, 0) is 44.5 Å². The number of hydrogen-bond donors (Lipinski definition) is 1. The molecule has 1 unspecified atom stereocenters. The summed E-state index contributed by atoms with van der Waals surface area (Å²) in [6.45, 7) is 6.34. The van der Waals surface area contributed by atoms with Crippen molar-refractivity contribution in [3.63, 3.8) is 0 Å². The van der Waals surface area contributed by atoms with Crippen LogP contribution in [-0.2, 0) is 16.1 Å². The summed E-state index contributed by atoms with van der Waals surface area (Å²) in [4.78, 5) is 12.4. The third kappa shape index (κ3) is 6.52. The highest BCUT2D eigenvalue weighted by Gasteiger charge is 2.25. The molecule has 26 heavy (non-hydrogen) atoms. The van der Waals surface area contributed by atoms with E-state index in [1.54, 1.807) is 25.1 Å².